The Morgan fingerprint density at radius 1 is 0.446 bits per heavy atom. The van der Waals surface area contributed by atoms with E-state index in [9.17, 15) is 0 Å². The van der Waals surface area contributed by atoms with Crippen LogP contribution >= 0.6 is 0 Å². The van der Waals surface area contributed by atoms with Gasteiger partial charge in [0.1, 0.15) is 6.67 Å². The summed E-state index contributed by atoms with van der Waals surface area (Å²) in [6.07, 6.45) is 0. The molecule has 2 heterocycles. The van der Waals surface area contributed by atoms with Gasteiger partial charge >= 0.3 is 0 Å². The molecule has 0 saturated heterocycles. The zero-order valence-corrected chi connectivity index (χ0v) is 30.6. The number of rotatable bonds is 8. The van der Waals surface area contributed by atoms with Gasteiger partial charge in [-0.2, -0.15) is 0 Å². The Labute approximate surface area is 325 Å². The van der Waals surface area contributed by atoms with Gasteiger partial charge in [-0.15, -0.1) is 0 Å². The van der Waals surface area contributed by atoms with Gasteiger partial charge in [0.15, 0.2) is 17.5 Å². The van der Waals surface area contributed by atoms with Crippen molar-refractivity contribution in [1.29, 1.82) is 0 Å². The van der Waals surface area contributed by atoms with E-state index in [0.29, 0.717) is 24.2 Å². The highest BCUT2D eigenvalue weighted by molar-refractivity contribution is 6.13. The van der Waals surface area contributed by atoms with Crippen molar-refractivity contribution in [2.24, 2.45) is 15.0 Å². The molecule has 0 radical (unpaired) electrons. The molecule has 7 aromatic carbocycles. The standard InChI is InChI=1S/C50H36N6/c1-51-48(38-23-13-5-14-24-38)55-49(39-25-15-6-16-26-39)52-34-56-46-29-27-40(35-17-7-2-8-18-35)31-42(46)43-32-41(28-30-47(43)56)50-53-44(36-19-9-3-10-20-36)33-45(54-50)37-21-11-4-12-22-37/h2-33H,1,34H2/b52-49-,55-48?. The molecule has 0 aliphatic heterocycles. The topological polar surface area (TPSA) is 67.8 Å². The molecule has 6 nitrogen and oxygen atoms in total. The van der Waals surface area contributed by atoms with Crippen molar-refractivity contribution < 1.29 is 0 Å². The number of fused-ring (bicyclic) bond motifs is 3. The second kappa shape index (κ2) is 15.4. The van der Waals surface area contributed by atoms with Gasteiger partial charge in [0.2, 0.25) is 0 Å². The Kier molecular flexibility index (Phi) is 9.42. The average Bonchev–Trinajstić information content (AvgIpc) is 3.59. The summed E-state index contributed by atoms with van der Waals surface area (Å²) in [6.45, 7) is 4.16. The van der Waals surface area contributed by atoms with Crippen LogP contribution in [0.4, 0.5) is 0 Å². The molecule has 0 unspecified atom stereocenters. The SMILES string of the molecule is C=NC(=N/C(=N\Cn1c2ccc(-c3ccccc3)cc2c2cc(-c3nc(-c4ccccc4)cc(-c4ccccc4)n3)ccc21)c1ccccc1)c1ccccc1. The fourth-order valence-electron chi connectivity index (χ4n) is 7.09. The predicted molar refractivity (Wildman–Crippen MR) is 232 cm³/mol. The van der Waals surface area contributed by atoms with E-state index >= 15 is 0 Å². The molecule has 0 spiro atoms. The number of amidine groups is 2. The van der Waals surface area contributed by atoms with E-state index in [2.05, 4.69) is 107 Å². The fourth-order valence-corrected chi connectivity index (χ4v) is 7.09. The van der Waals surface area contributed by atoms with E-state index < -0.39 is 0 Å². The van der Waals surface area contributed by atoms with E-state index in [1.165, 1.54) is 0 Å². The molecular formula is C50H36N6. The van der Waals surface area contributed by atoms with Crippen LogP contribution in [0, 0.1) is 0 Å². The van der Waals surface area contributed by atoms with Gasteiger partial charge in [0, 0.05) is 38.6 Å². The lowest BCUT2D eigenvalue weighted by Crippen LogP contribution is -2.07. The first-order valence-corrected chi connectivity index (χ1v) is 18.5. The second-order valence-corrected chi connectivity index (χ2v) is 13.4. The molecule has 0 aliphatic carbocycles. The summed E-state index contributed by atoms with van der Waals surface area (Å²) in [4.78, 5) is 24.7. The van der Waals surface area contributed by atoms with E-state index in [1.54, 1.807) is 0 Å². The van der Waals surface area contributed by atoms with Crippen LogP contribution in [-0.2, 0) is 6.67 Å². The van der Waals surface area contributed by atoms with Crippen molar-refractivity contribution in [1.82, 2.24) is 14.5 Å². The normalized spacial score (nSPS) is 11.9. The summed E-state index contributed by atoms with van der Waals surface area (Å²) < 4.78 is 2.25. The number of hydrogen-bond donors (Lipinski definition) is 0. The molecule has 0 N–H and O–H groups in total. The van der Waals surface area contributed by atoms with E-state index in [4.69, 9.17) is 20.0 Å². The first-order chi connectivity index (χ1) is 27.7. The zero-order chi connectivity index (χ0) is 37.7. The lowest BCUT2D eigenvalue weighted by atomic mass is 10.0. The first-order valence-electron chi connectivity index (χ1n) is 18.5. The van der Waals surface area contributed by atoms with Crippen molar-refractivity contribution in [3.05, 3.63) is 205 Å². The number of hydrogen-bond acceptors (Lipinski definition) is 3. The van der Waals surface area contributed by atoms with Crippen molar-refractivity contribution in [2.75, 3.05) is 0 Å². The van der Waals surface area contributed by atoms with Gasteiger partial charge < -0.3 is 4.57 Å². The van der Waals surface area contributed by atoms with Crippen LogP contribution in [0.2, 0.25) is 0 Å². The maximum absolute atomic E-state index is 5.18. The third-order valence-electron chi connectivity index (χ3n) is 9.88. The maximum Gasteiger partial charge on any atom is 0.161 e. The summed E-state index contributed by atoms with van der Waals surface area (Å²) in [5.74, 6) is 1.75. The molecule has 6 heteroatoms. The first kappa shape index (κ1) is 34.2. The molecule has 9 rings (SSSR count). The molecular weight excluding hydrogens is 685 g/mol. The third-order valence-corrected chi connectivity index (χ3v) is 9.88. The van der Waals surface area contributed by atoms with Crippen LogP contribution in [0.3, 0.4) is 0 Å². The van der Waals surface area contributed by atoms with E-state index in [1.807, 2.05) is 103 Å². The van der Waals surface area contributed by atoms with Crippen LogP contribution in [0.5, 0.6) is 0 Å². The van der Waals surface area contributed by atoms with Crippen molar-refractivity contribution in [2.45, 2.75) is 6.67 Å². The Morgan fingerprint density at radius 2 is 0.893 bits per heavy atom. The summed E-state index contributed by atoms with van der Waals surface area (Å²) >= 11 is 0. The zero-order valence-electron chi connectivity index (χ0n) is 30.6. The minimum atomic E-state index is 0.328. The predicted octanol–water partition coefficient (Wildman–Crippen LogP) is 11.8. The molecule has 0 fully saturated rings. The van der Waals surface area contributed by atoms with Crippen LogP contribution < -0.4 is 0 Å². The largest absolute Gasteiger partial charge is 0.320 e. The smallest absolute Gasteiger partial charge is 0.161 e. The molecule has 2 aromatic heterocycles. The Balaban J connectivity index is 1.22. The van der Waals surface area contributed by atoms with Gasteiger partial charge in [-0.25, -0.2) is 24.9 Å². The molecule has 0 atom stereocenters. The number of aliphatic imine (C=N–C) groups is 3. The molecule has 0 saturated carbocycles. The Hall–Kier alpha value is -7.57. The van der Waals surface area contributed by atoms with Crippen LogP contribution in [-0.4, -0.2) is 32.9 Å². The average molecular weight is 721 g/mol. The molecule has 0 aliphatic rings. The third kappa shape index (κ3) is 6.95. The highest BCUT2D eigenvalue weighted by Crippen LogP contribution is 2.36. The van der Waals surface area contributed by atoms with Crippen LogP contribution in [0.25, 0.3) is 66.8 Å². The quantitative estimate of drug-likeness (QED) is 0.116. The van der Waals surface area contributed by atoms with Crippen molar-refractivity contribution in [3.8, 4) is 45.0 Å². The maximum atomic E-state index is 5.18. The van der Waals surface area contributed by atoms with E-state index in [0.717, 1.165) is 72.1 Å². The molecule has 56 heavy (non-hydrogen) atoms. The van der Waals surface area contributed by atoms with Crippen LogP contribution in [0.1, 0.15) is 11.1 Å². The number of nitrogens with zero attached hydrogens (tertiary/aromatic N) is 6. The lowest BCUT2D eigenvalue weighted by molar-refractivity contribution is 0.791. The highest BCUT2D eigenvalue weighted by atomic mass is 15.1. The lowest BCUT2D eigenvalue weighted by Gasteiger charge is -2.10. The monoisotopic (exact) mass is 720 g/mol. The Bertz CT molecular complexity index is 2810. The number of aromatic nitrogens is 3. The van der Waals surface area contributed by atoms with Crippen molar-refractivity contribution in [3.63, 3.8) is 0 Å². The molecule has 0 bridgehead atoms. The summed E-state index contributed by atoms with van der Waals surface area (Å²) in [5, 5.41) is 2.20. The minimum Gasteiger partial charge on any atom is -0.320 e. The number of benzene rings is 7. The van der Waals surface area contributed by atoms with Crippen molar-refractivity contribution >= 4 is 40.2 Å². The van der Waals surface area contributed by atoms with Gasteiger partial charge in [0.25, 0.3) is 0 Å². The van der Waals surface area contributed by atoms with Gasteiger partial charge in [-0.1, -0.05) is 158 Å². The summed E-state index contributed by atoms with van der Waals surface area (Å²) in [7, 11) is 0. The van der Waals surface area contributed by atoms with Gasteiger partial charge in [0.05, 0.1) is 22.4 Å². The summed E-state index contributed by atoms with van der Waals surface area (Å²) in [6, 6.07) is 66.1. The highest BCUT2D eigenvalue weighted by Gasteiger charge is 2.17. The van der Waals surface area contributed by atoms with Gasteiger partial charge in [-0.3, -0.25) is 0 Å². The minimum absolute atomic E-state index is 0.328. The molecule has 9 aromatic rings. The van der Waals surface area contributed by atoms with Gasteiger partial charge in [-0.05, 0) is 54.2 Å². The van der Waals surface area contributed by atoms with Crippen LogP contribution in [0.15, 0.2) is 209 Å². The fraction of sp³-hybridized carbons (Fsp3) is 0.0200. The molecule has 0 amide bonds. The second-order valence-electron chi connectivity index (χ2n) is 13.4. The Morgan fingerprint density at radius 3 is 1.41 bits per heavy atom. The van der Waals surface area contributed by atoms with E-state index in [-0.39, 0.29) is 0 Å². The summed E-state index contributed by atoms with van der Waals surface area (Å²) in [5.41, 5.74) is 10.9. The molecule has 266 valence electrons.